The van der Waals surface area contributed by atoms with Crippen LogP contribution < -0.4 is 15.4 Å². The van der Waals surface area contributed by atoms with Gasteiger partial charge in [-0.1, -0.05) is 12.1 Å². The van der Waals surface area contributed by atoms with Gasteiger partial charge in [0.15, 0.2) is 0 Å². The molecule has 3 N–H and O–H groups in total. The first-order valence-corrected chi connectivity index (χ1v) is 8.04. The van der Waals surface area contributed by atoms with Crippen molar-refractivity contribution in [3.05, 3.63) is 54.1 Å². The first-order valence-electron chi connectivity index (χ1n) is 6.49. The Morgan fingerprint density at radius 1 is 1.17 bits per heavy atom. The molecular formula is C15H14N4O3S. The summed E-state index contributed by atoms with van der Waals surface area (Å²) in [4.78, 5) is 13.5. The molecule has 8 heteroatoms. The van der Waals surface area contributed by atoms with Crippen molar-refractivity contribution in [2.24, 2.45) is 5.14 Å². The smallest absolute Gasteiger partial charge is 0.308 e. The lowest BCUT2D eigenvalue weighted by atomic mass is 10.2. The molecule has 118 valence electrons. The van der Waals surface area contributed by atoms with Crippen molar-refractivity contribution in [1.29, 1.82) is 5.26 Å². The molecule has 23 heavy (non-hydrogen) atoms. The summed E-state index contributed by atoms with van der Waals surface area (Å²) in [7, 11) is -2.24. The first-order chi connectivity index (χ1) is 10.8. The van der Waals surface area contributed by atoms with E-state index in [0.717, 1.165) is 0 Å². The maximum atomic E-state index is 12.2. The number of carbonyl (C=O) groups excluding carboxylic acids is 1. The zero-order chi connectivity index (χ0) is 17.0. The summed E-state index contributed by atoms with van der Waals surface area (Å²) in [5, 5.41) is 16.7. The molecule has 0 atom stereocenters. The van der Waals surface area contributed by atoms with E-state index >= 15 is 0 Å². The Morgan fingerprint density at radius 3 is 2.35 bits per heavy atom. The van der Waals surface area contributed by atoms with Gasteiger partial charge in [0.05, 0.1) is 16.1 Å². The van der Waals surface area contributed by atoms with Gasteiger partial charge >= 0.3 is 6.03 Å². The van der Waals surface area contributed by atoms with Crippen LogP contribution in [0.5, 0.6) is 0 Å². The van der Waals surface area contributed by atoms with Gasteiger partial charge in [0.1, 0.15) is 6.07 Å². The SMILES string of the molecule is CN(C(=O)Nc1ccc(S(N)(=O)=O)cc1)c1ccccc1C#N. The summed E-state index contributed by atoms with van der Waals surface area (Å²) in [6.07, 6.45) is 0. The highest BCUT2D eigenvalue weighted by Crippen LogP contribution is 2.20. The molecule has 0 aliphatic heterocycles. The number of sulfonamides is 1. The maximum absolute atomic E-state index is 12.2. The number of hydrogen-bond acceptors (Lipinski definition) is 4. The highest BCUT2D eigenvalue weighted by molar-refractivity contribution is 7.89. The Labute approximate surface area is 134 Å². The third kappa shape index (κ3) is 3.85. The van der Waals surface area contributed by atoms with E-state index in [4.69, 9.17) is 10.4 Å². The Morgan fingerprint density at radius 2 is 1.78 bits per heavy atom. The summed E-state index contributed by atoms with van der Waals surface area (Å²) in [5.74, 6) is 0. The molecule has 0 heterocycles. The average molecular weight is 330 g/mol. The van der Waals surface area contributed by atoms with E-state index in [2.05, 4.69) is 5.32 Å². The van der Waals surface area contributed by atoms with Crippen molar-refractivity contribution in [2.45, 2.75) is 4.90 Å². The Bertz CT molecular complexity index is 870. The Balaban J connectivity index is 2.17. The molecule has 0 bridgehead atoms. The number of urea groups is 1. The highest BCUT2D eigenvalue weighted by atomic mass is 32.2. The minimum atomic E-state index is -3.78. The number of nitrogens with zero attached hydrogens (tertiary/aromatic N) is 2. The average Bonchev–Trinajstić information content (AvgIpc) is 2.53. The molecule has 2 amide bonds. The summed E-state index contributed by atoms with van der Waals surface area (Å²) >= 11 is 0. The zero-order valence-corrected chi connectivity index (χ0v) is 13.0. The number of carbonyl (C=O) groups is 1. The second kappa shape index (κ2) is 6.48. The topological polar surface area (TPSA) is 116 Å². The van der Waals surface area contributed by atoms with Crippen LogP contribution in [0, 0.1) is 11.3 Å². The van der Waals surface area contributed by atoms with Crippen molar-refractivity contribution in [2.75, 3.05) is 17.3 Å². The van der Waals surface area contributed by atoms with Gasteiger partial charge in [0.2, 0.25) is 10.0 Å². The lowest BCUT2D eigenvalue weighted by molar-refractivity contribution is 0.258. The van der Waals surface area contributed by atoms with Gasteiger partial charge in [-0.15, -0.1) is 0 Å². The molecule has 0 aliphatic carbocycles. The maximum Gasteiger partial charge on any atom is 0.326 e. The number of anilines is 2. The minimum Gasteiger partial charge on any atom is -0.308 e. The normalized spacial score (nSPS) is 10.7. The van der Waals surface area contributed by atoms with Gasteiger partial charge < -0.3 is 5.32 Å². The van der Waals surface area contributed by atoms with E-state index in [-0.39, 0.29) is 4.90 Å². The van der Waals surface area contributed by atoms with Crippen molar-refractivity contribution < 1.29 is 13.2 Å². The van der Waals surface area contributed by atoms with Crippen LogP contribution in [0.2, 0.25) is 0 Å². The number of nitriles is 1. The number of primary sulfonamides is 1. The van der Waals surface area contributed by atoms with Gasteiger partial charge in [-0.05, 0) is 36.4 Å². The third-order valence-corrected chi connectivity index (χ3v) is 4.05. The molecular weight excluding hydrogens is 316 g/mol. The standard InChI is InChI=1S/C15H14N4O3S/c1-19(14-5-3-2-4-11(14)10-16)15(20)18-12-6-8-13(9-7-12)23(17,21)22/h2-9H,1H3,(H,18,20)(H2,17,21,22). The van der Waals surface area contributed by atoms with E-state index in [1.54, 1.807) is 24.3 Å². The van der Waals surface area contributed by atoms with E-state index in [1.807, 2.05) is 6.07 Å². The Kier molecular flexibility index (Phi) is 4.64. The molecule has 0 spiro atoms. The molecule has 2 rings (SSSR count). The van der Waals surface area contributed by atoms with Gasteiger partial charge in [-0.3, -0.25) is 4.90 Å². The van der Waals surface area contributed by atoms with Crippen LogP contribution in [0.3, 0.4) is 0 Å². The molecule has 0 aromatic heterocycles. The summed E-state index contributed by atoms with van der Waals surface area (Å²) < 4.78 is 22.4. The van der Waals surface area contributed by atoms with E-state index in [0.29, 0.717) is 16.9 Å². The summed E-state index contributed by atoms with van der Waals surface area (Å²) in [6, 6.07) is 13.7. The predicted octanol–water partition coefficient (Wildman–Crippen LogP) is 1.87. The monoisotopic (exact) mass is 330 g/mol. The second-order valence-corrected chi connectivity index (χ2v) is 6.25. The van der Waals surface area contributed by atoms with Crippen LogP contribution in [0.15, 0.2) is 53.4 Å². The minimum absolute atomic E-state index is 0.0429. The first kappa shape index (κ1) is 16.5. The predicted molar refractivity (Wildman–Crippen MR) is 86.4 cm³/mol. The van der Waals surface area contributed by atoms with Crippen molar-refractivity contribution in [1.82, 2.24) is 0 Å². The van der Waals surface area contributed by atoms with Gasteiger partial charge in [-0.2, -0.15) is 5.26 Å². The summed E-state index contributed by atoms with van der Waals surface area (Å²) in [5.41, 5.74) is 1.24. The molecule has 0 aliphatic rings. The van der Waals surface area contributed by atoms with E-state index in [9.17, 15) is 13.2 Å². The fraction of sp³-hybridized carbons (Fsp3) is 0.0667. The van der Waals surface area contributed by atoms with Crippen LogP contribution in [0.1, 0.15) is 5.56 Å². The number of nitrogens with one attached hydrogen (secondary N) is 1. The van der Waals surface area contributed by atoms with Gasteiger partial charge in [0.25, 0.3) is 0 Å². The van der Waals surface area contributed by atoms with Crippen LogP contribution >= 0.6 is 0 Å². The Hall–Kier alpha value is -2.89. The lowest BCUT2D eigenvalue weighted by Crippen LogP contribution is -2.31. The number of benzene rings is 2. The molecule has 7 nitrogen and oxygen atoms in total. The molecule has 2 aromatic carbocycles. The number of amides is 2. The van der Waals surface area contributed by atoms with Crippen LogP contribution in [-0.2, 0) is 10.0 Å². The van der Waals surface area contributed by atoms with Crippen molar-refractivity contribution in [3.63, 3.8) is 0 Å². The molecule has 2 aromatic rings. The van der Waals surface area contributed by atoms with Crippen LogP contribution in [0.25, 0.3) is 0 Å². The number of para-hydroxylation sites is 1. The van der Waals surface area contributed by atoms with Gasteiger partial charge in [-0.25, -0.2) is 18.4 Å². The largest absolute Gasteiger partial charge is 0.326 e. The highest BCUT2D eigenvalue weighted by Gasteiger charge is 2.14. The van der Waals surface area contributed by atoms with E-state index < -0.39 is 16.1 Å². The fourth-order valence-electron chi connectivity index (χ4n) is 1.91. The molecule has 0 fully saturated rings. The number of nitrogens with two attached hydrogens (primary N) is 1. The zero-order valence-electron chi connectivity index (χ0n) is 12.2. The lowest BCUT2D eigenvalue weighted by Gasteiger charge is -2.19. The van der Waals surface area contributed by atoms with Crippen LogP contribution in [-0.4, -0.2) is 21.5 Å². The molecule has 0 saturated carbocycles. The fourth-order valence-corrected chi connectivity index (χ4v) is 2.42. The summed E-state index contributed by atoms with van der Waals surface area (Å²) in [6.45, 7) is 0. The van der Waals surface area contributed by atoms with Crippen molar-refractivity contribution in [3.8, 4) is 6.07 Å². The molecule has 0 saturated heterocycles. The second-order valence-electron chi connectivity index (χ2n) is 4.69. The third-order valence-electron chi connectivity index (χ3n) is 3.12. The van der Waals surface area contributed by atoms with Crippen molar-refractivity contribution >= 4 is 27.4 Å². The number of rotatable bonds is 3. The number of hydrogen-bond donors (Lipinski definition) is 2. The molecule has 0 radical (unpaired) electrons. The quantitative estimate of drug-likeness (QED) is 0.893. The van der Waals surface area contributed by atoms with E-state index in [1.165, 1.54) is 36.2 Å². The molecule has 0 unspecified atom stereocenters. The van der Waals surface area contributed by atoms with Gasteiger partial charge in [0, 0.05) is 12.7 Å². The van der Waals surface area contributed by atoms with Crippen LogP contribution in [0.4, 0.5) is 16.2 Å².